The number of benzene rings is 2. The molecule has 0 aromatic heterocycles. The van der Waals surface area contributed by atoms with E-state index in [2.05, 4.69) is 39.4 Å². The van der Waals surface area contributed by atoms with E-state index in [1.54, 1.807) is 7.11 Å². The number of halogens is 1. The standard InChI is InChI=1S/C18H20BrNO3/c1-21-15-5-3-13(4-6-15)11-20-12-14-9-16(19)18-17(10-14)22-7-2-8-23-18/h3-6,9-10,20H,2,7-8,11-12H2,1H3. The molecule has 0 aliphatic carbocycles. The maximum Gasteiger partial charge on any atom is 0.175 e. The second-order valence-corrected chi connectivity index (χ2v) is 6.26. The third kappa shape index (κ3) is 4.18. The molecule has 122 valence electrons. The Labute approximate surface area is 144 Å². The highest BCUT2D eigenvalue weighted by Gasteiger charge is 2.15. The molecule has 2 aromatic rings. The summed E-state index contributed by atoms with van der Waals surface area (Å²) in [4.78, 5) is 0. The molecule has 0 spiro atoms. The lowest BCUT2D eigenvalue weighted by atomic mass is 10.2. The maximum atomic E-state index is 5.76. The zero-order valence-electron chi connectivity index (χ0n) is 13.1. The normalized spacial score (nSPS) is 13.5. The van der Waals surface area contributed by atoms with Crippen molar-refractivity contribution in [1.29, 1.82) is 0 Å². The highest BCUT2D eigenvalue weighted by molar-refractivity contribution is 9.10. The van der Waals surface area contributed by atoms with Crippen molar-refractivity contribution >= 4 is 15.9 Å². The molecule has 2 aromatic carbocycles. The largest absolute Gasteiger partial charge is 0.497 e. The van der Waals surface area contributed by atoms with Crippen molar-refractivity contribution in [3.05, 3.63) is 52.0 Å². The van der Waals surface area contributed by atoms with E-state index >= 15 is 0 Å². The monoisotopic (exact) mass is 377 g/mol. The predicted octanol–water partition coefficient (Wildman–Crippen LogP) is 3.91. The Morgan fingerprint density at radius 2 is 1.78 bits per heavy atom. The fourth-order valence-corrected chi connectivity index (χ4v) is 3.08. The van der Waals surface area contributed by atoms with Crippen molar-refractivity contribution in [3.63, 3.8) is 0 Å². The average molecular weight is 378 g/mol. The van der Waals surface area contributed by atoms with Crippen LogP contribution in [0.3, 0.4) is 0 Å². The van der Waals surface area contributed by atoms with Crippen LogP contribution in [0.5, 0.6) is 17.2 Å². The van der Waals surface area contributed by atoms with Gasteiger partial charge in [-0.1, -0.05) is 12.1 Å². The summed E-state index contributed by atoms with van der Waals surface area (Å²) in [5, 5.41) is 3.45. The van der Waals surface area contributed by atoms with E-state index in [-0.39, 0.29) is 0 Å². The molecule has 4 nitrogen and oxygen atoms in total. The minimum absolute atomic E-state index is 0.695. The van der Waals surface area contributed by atoms with Gasteiger partial charge in [-0.3, -0.25) is 0 Å². The molecule has 0 amide bonds. The van der Waals surface area contributed by atoms with E-state index in [1.165, 1.54) is 5.56 Å². The van der Waals surface area contributed by atoms with Gasteiger partial charge in [-0.25, -0.2) is 0 Å². The summed E-state index contributed by atoms with van der Waals surface area (Å²) in [5.41, 5.74) is 2.38. The van der Waals surface area contributed by atoms with Crippen LogP contribution < -0.4 is 19.5 Å². The third-order valence-electron chi connectivity index (χ3n) is 3.68. The SMILES string of the molecule is COc1ccc(CNCc2cc(Br)c3c(c2)OCCCO3)cc1. The Morgan fingerprint density at radius 3 is 2.57 bits per heavy atom. The lowest BCUT2D eigenvalue weighted by Crippen LogP contribution is -2.12. The van der Waals surface area contributed by atoms with Crippen molar-refractivity contribution in [2.45, 2.75) is 19.5 Å². The molecule has 1 aliphatic rings. The third-order valence-corrected chi connectivity index (χ3v) is 4.27. The summed E-state index contributed by atoms with van der Waals surface area (Å²) in [6.45, 7) is 2.96. The first-order valence-corrected chi connectivity index (χ1v) is 8.47. The summed E-state index contributed by atoms with van der Waals surface area (Å²) in [6, 6.07) is 12.2. The fourth-order valence-electron chi connectivity index (χ4n) is 2.48. The number of methoxy groups -OCH3 is 1. The van der Waals surface area contributed by atoms with E-state index in [4.69, 9.17) is 14.2 Å². The Morgan fingerprint density at radius 1 is 1.04 bits per heavy atom. The Balaban J connectivity index is 1.61. The van der Waals surface area contributed by atoms with Crippen LogP contribution in [0, 0.1) is 0 Å². The van der Waals surface area contributed by atoms with E-state index < -0.39 is 0 Å². The highest BCUT2D eigenvalue weighted by atomic mass is 79.9. The van der Waals surface area contributed by atoms with Crippen LogP contribution in [-0.4, -0.2) is 20.3 Å². The molecule has 23 heavy (non-hydrogen) atoms. The first-order valence-electron chi connectivity index (χ1n) is 7.68. The van der Waals surface area contributed by atoms with E-state index in [1.807, 2.05) is 18.2 Å². The molecule has 3 rings (SSSR count). The molecule has 0 fully saturated rings. The number of ether oxygens (including phenoxy) is 3. The van der Waals surface area contributed by atoms with Crippen molar-refractivity contribution in [1.82, 2.24) is 5.32 Å². The van der Waals surface area contributed by atoms with Crippen LogP contribution >= 0.6 is 15.9 Å². The topological polar surface area (TPSA) is 39.7 Å². The number of fused-ring (bicyclic) bond motifs is 1. The molecule has 5 heteroatoms. The van der Waals surface area contributed by atoms with Gasteiger partial charge in [0.2, 0.25) is 0 Å². The predicted molar refractivity (Wildman–Crippen MR) is 93.3 cm³/mol. The quantitative estimate of drug-likeness (QED) is 0.857. The summed E-state index contributed by atoms with van der Waals surface area (Å²) in [5.74, 6) is 2.50. The van der Waals surface area contributed by atoms with Gasteiger partial charge in [0.1, 0.15) is 5.75 Å². The van der Waals surface area contributed by atoms with Gasteiger partial charge in [-0.15, -0.1) is 0 Å². The smallest absolute Gasteiger partial charge is 0.175 e. The van der Waals surface area contributed by atoms with Gasteiger partial charge in [0, 0.05) is 19.5 Å². The van der Waals surface area contributed by atoms with Crippen molar-refractivity contribution < 1.29 is 14.2 Å². The molecule has 1 aliphatic heterocycles. The van der Waals surface area contributed by atoms with Gasteiger partial charge in [0.05, 0.1) is 24.8 Å². The van der Waals surface area contributed by atoms with Crippen LogP contribution in [0.2, 0.25) is 0 Å². The molecule has 1 N–H and O–H groups in total. The molecule has 0 saturated heterocycles. The fraction of sp³-hybridized carbons (Fsp3) is 0.333. The Kier molecular flexibility index (Phi) is 5.41. The van der Waals surface area contributed by atoms with Crippen LogP contribution in [0.1, 0.15) is 17.5 Å². The van der Waals surface area contributed by atoms with Gasteiger partial charge in [-0.2, -0.15) is 0 Å². The molecule has 0 radical (unpaired) electrons. The van der Waals surface area contributed by atoms with Gasteiger partial charge in [0.25, 0.3) is 0 Å². The van der Waals surface area contributed by atoms with E-state index in [0.29, 0.717) is 13.2 Å². The number of hydrogen-bond donors (Lipinski definition) is 1. The minimum Gasteiger partial charge on any atom is -0.497 e. The van der Waals surface area contributed by atoms with Crippen LogP contribution in [0.25, 0.3) is 0 Å². The lowest BCUT2D eigenvalue weighted by Gasteiger charge is -2.12. The average Bonchev–Trinajstić information content (AvgIpc) is 2.81. The maximum absolute atomic E-state index is 5.76. The summed E-state index contributed by atoms with van der Waals surface area (Å²) < 4.78 is 17.6. The first kappa shape index (κ1) is 16.1. The number of nitrogens with one attached hydrogen (secondary N) is 1. The molecule has 0 bridgehead atoms. The molecular weight excluding hydrogens is 358 g/mol. The first-order chi connectivity index (χ1) is 11.3. The van der Waals surface area contributed by atoms with Crippen LogP contribution in [0.4, 0.5) is 0 Å². The summed E-state index contributed by atoms with van der Waals surface area (Å²) >= 11 is 3.57. The second-order valence-electron chi connectivity index (χ2n) is 5.41. The van der Waals surface area contributed by atoms with Crippen LogP contribution in [-0.2, 0) is 13.1 Å². The Hall–Kier alpha value is -1.72. The second kappa shape index (κ2) is 7.70. The van der Waals surface area contributed by atoms with E-state index in [9.17, 15) is 0 Å². The molecule has 1 heterocycles. The number of hydrogen-bond acceptors (Lipinski definition) is 4. The summed E-state index contributed by atoms with van der Waals surface area (Å²) in [7, 11) is 1.68. The van der Waals surface area contributed by atoms with Crippen LogP contribution in [0.15, 0.2) is 40.9 Å². The van der Waals surface area contributed by atoms with Gasteiger partial charge < -0.3 is 19.5 Å². The molecule has 0 saturated carbocycles. The van der Waals surface area contributed by atoms with E-state index in [0.717, 1.165) is 46.8 Å². The number of rotatable bonds is 5. The molecule has 0 atom stereocenters. The van der Waals surface area contributed by atoms with Gasteiger partial charge in [0.15, 0.2) is 11.5 Å². The zero-order chi connectivity index (χ0) is 16.1. The van der Waals surface area contributed by atoms with Gasteiger partial charge >= 0.3 is 0 Å². The molecule has 0 unspecified atom stereocenters. The zero-order valence-corrected chi connectivity index (χ0v) is 14.7. The minimum atomic E-state index is 0.695. The lowest BCUT2D eigenvalue weighted by molar-refractivity contribution is 0.296. The van der Waals surface area contributed by atoms with Gasteiger partial charge in [-0.05, 0) is 51.3 Å². The van der Waals surface area contributed by atoms with Crippen molar-refractivity contribution in [2.24, 2.45) is 0 Å². The summed E-state index contributed by atoms with van der Waals surface area (Å²) in [6.07, 6.45) is 0.909. The molecular formula is C18H20BrNO3. The van der Waals surface area contributed by atoms with Crippen molar-refractivity contribution in [2.75, 3.05) is 20.3 Å². The van der Waals surface area contributed by atoms with Crippen molar-refractivity contribution in [3.8, 4) is 17.2 Å². The Bertz CT molecular complexity index is 658. The highest BCUT2D eigenvalue weighted by Crippen LogP contribution is 2.38.